The van der Waals surface area contributed by atoms with Crippen LogP contribution in [0, 0.1) is 11.3 Å². The van der Waals surface area contributed by atoms with Crippen LogP contribution in [0.25, 0.3) is 5.57 Å². The van der Waals surface area contributed by atoms with Gasteiger partial charge >= 0.3 is 0 Å². The average molecular weight is 212 g/mol. The van der Waals surface area contributed by atoms with Gasteiger partial charge in [0.1, 0.15) is 0 Å². The van der Waals surface area contributed by atoms with Crippen LogP contribution in [-0.2, 0) is 0 Å². The number of piperidine rings is 1. The molecule has 2 heteroatoms. The Hall–Kier alpha value is -1.59. The molecule has 1 aromatic rings. The molecule has 1 aliphatic heterocycles. The fourth-order valence-electron chi connectivity index (χ4n) is 2.19. The third-order valence-corrected chi connectivity index (χ3v) is 3.00. The monoisotopic (exact) mass is 212 g/mol. The molecule has 2 nitrogen and oxygen atoms in total. The number of nitrogens with zero attached hydrogens (tertiary/aromatic N) is 1. The summed E-state index contributed by atoms with van der Waals surface area (Å²) in [5.41, 5.74) is 3.21. The minimum Gasteiger partial charge on any atom is -0.314 e. The van der Waals surface area contributed by atoms with E-state index in [2.05, 4.69) is 18.3 Å². The van der Waals surface area contributed by atoms with E-state index in [0.29, 0.717) is 6.04 Å². The number of nitrogens with one attached hydrogen (secondary N) is 1. The van der Waals surface area contributed by atoms with Gasteiger partial charge in [0.15, 0.2) is 0 Å². The minimum atomic E-state index is 0.482. The van der Waals surface area contributed by atoms with Crippen molar-refractivity contribution in [2.75, 3.05) is 6.54 Å². The zero-order valence-corrected chi connectivity index (χ0v) is 9.53. The molecule has 1 fully saturated rings. The van der Waals surface area contributed by atoms with Crippen molar-refractivity contribution in [3.05, 3.63) is 41.5 Å². The highest BCUT2D eigenvalue weighted by atomic mass is 14.9. The van der Waals surface area contributed by atoms with Crippen molar-refractivity contribution in [3.63, 3.8) is 0 Å². The first-order chi connectivity index (χ1) is 7.81. The Balaban J connectivity index is 2.35. The molecule has 0 aromatic heterocycles. The predicted octanol–water partition coefficient (Wildman–Crippen LogP) is 2.74. The molecule has 2 rings (SSSR count). The Morgan fingerprint density at radius 1 is 1.38 bits per heavy atom. The summed E-state index contributed by atoms with van der Waals surface area (Å²) in [6, 6.07) is 12.8. The highest BCUT2D eigenvalue weighted by Crippen LogP contribution is 2.25. The zero-order valence-electron chi connectivity index (χ0n) is 9.53. The molecule has 1 heterocycles. The van der Waals surface area contributed by atoms with Crippen LogP contribution in [-0.4, -0.2) is 12.6 Å². The van der Waals surface area contributed by atoms with Crippen LogP contribution in [0.1, 0.15) is 25.3 Å². The third-order valence-electron chi connectivity index (χ3n) is 3.00. The predicted molar refractivity (Wildman–Crippen MR) is 65.7 cm³/mol. The summed E-state index contributed by atoms with van der Waals surface area (Å²) < 4.78 is 0. The highest BCUT2D eigenvalue weighted by molar-refractivity contribution is 5.79. The smallest absolute Gasteiger partial charge is 0.0997 e. The molecule has 1 atom stereocenters. The quantitative estimate of drug-likeness (QED) is 0.726. The maximum atomic E-state index is 9.29. The van der Waals surface area contributed by atoms with E-state index in [1.165, 1.54) is 5.57 Å². The van der Waals surface area contributed by atoms with Gasteiger partial charge in [-0.25, -0.2) is 0 Å². The van der Waals surface area contributed by atoms with Crippen LogP contribution in [0.3, 0.4) is 0 Å². The molecule has 0 amide bonds. The van der Waals surface area contributed by atoms with Crippen molar-refractivity contribution in [1.29, 1.82) is 5.26 Å². The number of hydrogen-bond acceptors (Lipinski definition) is 2. The van der Waals surface area contributed by atoms with Gasteiger partial charge in [0.2, 0.25) is 0 Å². The van der Waals surface area contributed by atoms with Crippen molar-refractivity contribution < 1.29 is 0 Å². The van der Waals surface area contributed by atoms with Gasteiger partial charge in [-0.1, -0.05) is 30.3 Å². The van der Waals surface area contributed by atoms with Crippen LogP contribution in [0.2, 0.25) is 0 Å². The molecule has 1 unspecified atom stereocenters. The molecule has 82 valence electrons. The Morgan fingerprint density at radius 2 is 2.12 bits per heavy atom. The van der Waals surface area contributed by atoms with Gasteiger partial charge in [0.25, 0.3) is 0 Å². The molecule has 0 spiro atoms. The molecule has 0 radical (unpaired) electrons. The minimum absolute atomic E-state index is 0.482. The fraction of sp³-hybridized carbons (Fsp3) is 0.357. The SMILES string of the molecule is CC1C/C(=C(/C#N)c2ccccc2)CCN1. The molecule has 1 aliphatic rings. The van der Waals surface area contributed by atoms with E-state index in [1.54, 1.807) is 0 Å². The molecule has 0 aliphatic carbocycles. The van der Waals surface area contributed by atoms with Crippen LogP contribution < -0.4 is 5.32 Å². The first-order valence-corrected chi connectivity index (χ1v) is 5.72. The lowest BCUT2D eigenvalue weighted by Crippen LogP contribution is -2.32. The summed E-state index contributed by atoms with van der Waals surface area (Å²) in [7, 11) is 0. The lowest BCUT2D eigenvalue weighted by atomic mass is 9.92. The van der Waals surface area contributed by atoms with Gasteiger partial charge in [0.05, 0.1) is 11.6 Å². The Bertz CT molecular complexity index is 426. The fourth-order valence-corrected chi connectivity index (χ4v) is 2.19. The standard InChI is InChI=1S/C14H16N2/c1-11-9-13(7-8-16-11)14(10-15)12-5-3-2-4-6-12/h2-6,11,16H,7-9H2,1H3/b14-13-. The molecule has 1 aromatic carbocycles. The summed E-state index contributed by atoms with van der Waals surface area (Å²) >= 11 is 0. The summed E-state index contributed by atoms with van der Waals surface area (Å²) in [5.74, 6) is 0. The lowest BCUT2D eigenvalue weighted by molar-refractivity contribution is 0.495. The molecule has 0 bridgehead atoms. The summed E-state index contributed by atoms with van der Waals surface area (Å²) in [6.07, 6.45) is 1.97. The van der Waals surface area contributed by atoms with E-state index in [1.807, 2.05) is 30.3 Å². The van der Waals surface area contributed by atoms with Gasteiger partial charge < -0.3 is 5.32 Å². The van der Waals surface area contributed by atoms with Gasteiger partial charge in [0, 0.05) is 6.04 Å². The Morgan fingerprint density at radius 3 is 2.75 bits per heavy atom. The molecular formula is C14H16N2. The largest absolute Gasteiger partial charge is 0.314 e. The Kier molecular flexibility index (Phi) is 3.38. The van der Waals surface area contributed by atoms with E-state index in [0.717, 1.165) is 30.5 Å². The second-order valence-electron chi connectivity index (χ2n) is 4.27. The lowest BCUT2D eigenvalue weighted by Gasteiger charge is -2.23. The van der Waals surface area contributed by atoms with Crippen LogP contribution in [0.15, 0.2) is 35.9 Å². The number of rotatable bonds is 1. The second kappa shape index (κ2) is 4.96. The van der Waals surface area contributed by atoms with Gasteiger partial charge in [-0.15, -0.1) is 0 Å². The van der Waals surface area contributed by atoms with Gasteiger partial charge in [-0.2, -0.15) is 5.26 Å². The highest BCUT2D eigenvalue weighted by Gasteiger charge is 2.16. The maximum absolute atomic E-state index is 9.29. The number of allylic oxidation sites excluding steroid dienone is 1. The third kappa shape index (κ3) is 2.32. The first-order valence-electron chi connectivity index (χ1n) is 5.72. The topological polar surface area (TPSA) is 35.8 Å². The van der Waals surface area contributed by atoms with E-state index < -0.39 is 0 Å². The van der Waals surface area contributed by atoms with Crippen molar-refractivity contribution in [2.45, 2.75) is 25.8 Å². The zero-order chi connectivity index (χ0) is 11.4. The first kappa shape index (κ1) is 10.9. The van der Waals surface area contributed by atoms with Crippen molar-refractivity contribution >= 4 is 5.57 Å². The molecule has 0 saturated carbocycles. The normalized spacial score (nSPS) is 23.6. The average Bonchev–Trinajstić information content (AvgIpc) is 2.31. The van der Waals surface area contributed by atoms with E-state index in [-0.39, 0.29) is 0 Å². The molecule has 1 N–H and O–H groups in total. The number of hydrogen-bond donors (Lipinski definition) is 1. The summed E-state index contributed by atoms with van der Waals surface area (Å²) in [5, 5.41) is 12.7. The van der Waals surface area contributed by atoms with Gasteiger partial charge in [-0.05, 0) is 37.4 Å². The summed E-state index contributed by atoms with van der Waals surface area (Å²) in [6.45, 7) is 3.15. The van der Waals surface area contributed by atoms with E-state index in [4.69, 9.17) is 0 Å². The van der Waals surface area contributed by atoms with Crippen molar-refractivity contribution in [2.24, 2.45) is 0 Å². The van der Waals surface area contributed by atoms with E-state index >= 15 is 0 Å². The van der Waals surface area contributed by atoms with Crippen molar-refractivity contribution in [3.8, 4) is 6.07 Å². The van der Waals surface area contributed by atoms with Crippen LogP contribution in [0.4, 0.5) is 0 Å². The van der Waals surface area contributed by atoms with E-state index in [9.17, 15) is 5.26 Å². The molecule has 16 heavy (non-hydrogen) atoms. The molecular weight excluding hydrogens is 196 g/mol. The van der Waals surface area contributed by atoms with Crippen molar-refractivity contribution in [1.82, 2.24) is 5.32 Å². The van der Waals surface area contributed by atoms with Crippen LogP contribution in [0.5, 0.6) is 0 Å². The number of benzene rings is 1. The maximum Gasteiger partial charge on any atom is 0.0997 e. The molecule has 1 saturated heterocycles. The van der Waals surface area contributed by atoms with Gasteiger partial charge in [-0.3, -0.25) is 0 Å². The number of nitriles is 1. The van der Waals surface area contributed by atoms with Crippen LogP contribution >= 0.6 is 0 Å². The second-order valence-corrected chi connectivity index (χ2v) is 4.27. The summed E-state index contributed by atoms with van der Waals surface area (Å²) in [4.78, 5) is 0. The Labute approximate surface area is 96.6 Å².